The van der Waals surface area contributed by atoms with Gasteiger partial charge in [0.05, 0.1) is 0 Å². The predicted octanol–water partition coefficient (Wildman–Crippen LogP) is 21.0. The third kappa shape index (κ3) is 60.3. The molecule has 0 fully saturated rings. The lowest BCUT2D eigenvalue weighted by atomic mass is 10.1. The molecule has 1 unspecified atom stereocenters. The number of carbonyl (C=O) groups is 3. The van der Waals surface area contributed by atoms with E-state index in [1.165, 1.54) is 77.0 Å². The quantitative estimate of drug-likeness (QED) is 0.0261. The summed E-state index contributed by atoms with van der Waals surface area (Å²) < 4.78 is 16.8. The number of ether oxygens (including phenoxy) is 3. The fraction of sp³-hybridized carbons (Fsp3) is 0.638. The zero-order valence-corrected chi connectivity index (χ0v) is 48.5. The smallest absolute Gasteiger partial charge is 0.306 e. The topological polar surface area (TPSA) is 78.9 Å². The number of esters is 3. The van der Waals surface area contributed by atoms with Crippen LogP contribution in [0.2, 0.25) is 0 Å². The Morgan fingerprint density at radius 2 is 0.520 bits per heavy atom. The molecule has 1 atom stereocenters. The summed E-state index contributed by atoms with van der Waals surface area (Å²) in [6.07, 6.45) is 87.3. The monoisotopic (exact) mass is 1040 g/mol. The third-order valence-electron chi connectivity index (χ3n) is 12.6. The predicted molar refractivity (Wildman–Crippen MR) is 325 cm³/mol. The molecule has 0 heterocycles. The Morgan fingerprint density at radius 1 is 0.280 bits per heavy atom. The number of hydrogen-bond acceptors (Lipinski definition) is 6. The molecule has 6 nitrogen and oxygen atoms in total. The molecule has 0 spiro atoms. The first-order valence-corrected chi connectivity index (χ1v) is 30.7. The minimum absolute atomic E-state index is 0.105. The average Bonchev–Trinajstić information content (AvgIpc) is 3.41. The Morgan fingerprint density at radius 3 is 0.867 bits per heavy atom. The van der Waals surface area contributed by atoms with E-state index in [4.69, 9.17) is 14.2 Å². The van der Waals surface area contributed by atoms with Crippen molar-refractivity contribution in [3.63, 3.8) is 0 Å². The second kappa shape index (κ2) is 62.1. The van der Waals surface area contributed by atoms with Gasteiger partial charge in [0, 0.05) is 19.3 Å². The highest BCUT2D eigenvalue weighted by Crippen LogP contribution is 2.13. The summed E-state index contributed by atoms with van der Waals surface area (Å²) in [6.45, 7) is 6.44. The minimum Gasteiger partial charge on any atom is -0.462 e. The summed E-state index contributed by atoms with van der Waals surface area (Å²) in [5.41, 5.74) is 0. The SMILES string of the molecule is CC/C=C\C/C=C\C/C=C\C/C=C\C/C=C\C/C=C\C/C=C\C/C=C\CCCCC(=O)OCC(COC(=O)CCCCCCC/C=C\CCCCCCC)OC(=O)CCCCCCC/C=C\C/C=C\CCCCCC. The molecule has 424 valence electrons. The second-order valence-corrected chi connectivity index (χ2v) is 19.9. The van der Waals surface area contributed by atoms with Gasteiger partial charge in [0.2, 0.25) is 0 Å². The molecule has 0 N–H and O–H groups in total. The Kier molecular flexibility index (Phi) is 58.4. The van der Waals surface area contributed by atoms with Crippen LogP contribution in [0.1, 0.15) is 265 Å². The molecule has 0 radical (unpaired) electrons. The van der Waals surface area contributed by atoms with Crippen LogP contribution in [0.3, 0.4) is 0 Å². The summed E-state index contributed by atoms with van der Waals surface area (Å²) in [5, 5.41) is 0. The van der Waals surface area contributed by atoms with Gasteiger partial charge in [0.25, 0.3) is 0 Å². The van der Waals surface area contributed by atoms with Crippen molar-refractivity contribution < 1.29 is 28.6 Å². The molecule has 0 saturated heterocycles. The number of carbonyl (C=O) groups excluding carboxylic acids is 3. The molecule has 0 rings (SSSR count). The lowest BCUT2D eigenvalue weighted by Gasteiger charge is -2.18. The largest absolute Gasteiger partial charge is 0.462 e. The Bertz CT molecular complexity index is 1620. The molecule has 0 aromatic heterocycles. The number of rotatable bonds is 54. The highest BCUT2D eigenvalue weighted by Gasteiger charge is 2.19. The highest BCUT2D eigenvalue weighted by atomic mass is 16.6. The highest BCUT2D eigenvalue weighted by molar-refractivity contribution is 5.71. The molecule has 0 aromatic carbocycles. The zero-order valence-electron chi connectivity index (χ0n) is 48.5. The lowest BCUT2D eigenvalue weighted by molar-refractivity contribution is -0.167. The van der Waals surface area contributed by atoms with Crippen molar-refractivity contribution in [1.82, 2.24) is 0 Å². The van der Waals surface area contributed by atoms with E-state index in [0.29, 0.717) is 25.7 Å². The summed E-state index contributed by atoms with van der Waals surface area (Å²) in [7, 11) is 0. The number of unbranched alkanes of at least 4 members (excludes halogenated alkanes) is 21. The maximum atomic E-state index is 12.9. The van der Waals surface area contributed by atoms with Gasteiger partial charge in [-0.1, -0.05) is 238 Å². The second-order valence-electron chi connectivity index (χ2n) is 19.9. The molecule has 0 aromatic rings. The zero-order chi connectivity index (χ0) is 54.3. The molecule has 0 bridgehead atoms. The van der Waals surface area contributed by atoms with Crippen LogP contribution in [0, 0.1) is 0 Å². The van der Waals surface area contributed by atoms with Gasteiger partial charge < -0.3 is 14.2 Å². The first-order valence-electron chi connectivity index (χ1n) is 30.7. The molecule has 6 heteroatoms. The normalized spacial score (nSPS) is 13.1. The lowest BCUT2D eigenvalue weighted by Crippen LogP contribution is -2.30. The van der Waals surface area contributed by atoms with Crippen LogP contribution in [-0.4, -0.2) is 37.2 Å². The van der Waals surface area contributed by atoms with Gasteiger partial charge in [0.1, 0.15) is 13.2 Å². The van der Waals surface area contributed by atoms with Crippen LogP contribution in [0.5, 0.6) is 0 Å². The van der Waals surface area contributed by atoms with Gasteiger partial charge in [0.15, 0.2) is 6.10 Å². The van der Waals surface area contributed by atoms with Crippen LogP contribution in [-0.2, 0) is 28.6 Å². The number of hydrogen-bond donors (Lipinski definition) is 0. The van der Waals surface area contributed by atoms with Crippen molar-refractivity contribution in [2.24, 2.45) is 0 Å². The molecule has 0 saturated carbocycles. The Hall–Kier alpha value is -4.45. The minimum atomic E-state index is -0.812. The standard InChI is InChI=1S/C69H112O6/c1-4-7-10-13-16-19-22-25-28-30-31-32-33-34-35-36-37-38-39-40-42-44-47-50-53-56-59-62-68(71)74-65-66(64-73-67(70)61-58-55-52-49-46-43-27-24-21-18-15-12-9-6-3)75-69(72)63-60-57-54-51-48-45-41-29-26-23-20-17-14-11-8-5-2/h7,10,16,19-20,23-25,27-29,31-32,34-35,37-38,40-42,47,50,66H,4-6,8-9,11-15,17-18,21-22,26,30,33,36,39,43-46,48-49,51-65H2,1-3H3/b10-7-,19-16-,23-20-,27-24-,28-25-,32-31-,35-34-,38-37-,41-29-,42-40-,50-47-. The van der Waals surface area contributed by atoms with Gasteiger partial charge in [-0.05, 0) is 141 Å². The van der Waals surface area contributed by atoms with E-state index >= 15 is 0 Å². The summed E-state index contributed by atoms with van der Waals surface area (Å²) in [4.78, 5) is 38.2. The molecular weight excluding hydrogens is 925 g/mol. The third-order valence-corrected chi connectivity index (χ3v) is 12.6. The van der Waals surface area contributed by atoms with Gasteiger partial charge in [-0.25, -0.2) is 0 Å². The van der Waals surface area contributed by atoms with E-state index in [2.05, 4.69) is 154 Å². The van der Waals surface area contributed by atoms with Crippen molar-refractivity contribution in [3.05, 3.63) is 134 Å². The Balaban J connectivity index is 4.47. The average molecular weight is 1040 g/mol. The maximum Gasteiger partial charge on any atom is 0.306 e. The van der Waals surface area contributed by atoms with Crippen LogP contribution in [0.25, 0.3) is 0 Å². The van der Waals surface area contributed by atoms with E-state index in [1.807, 2.05) is 0 Å². The van der Waals surface area contributed by atoms with Crippen molar-refractivity contribution in [1.29, 1.82) is 0 Å². The molecule has 0 aliphatic rings. The van der Waals surface area contributed by atoms with Crippen LogP contribution in [0.4, 0.5) is 0 Å². The van der Waals surface area contributed by atoms with Crippen LogP contribution >= 0.6 is 0 Å². The van der Waals surface area contributed by atoms with E-state index in [-0.39, 0.29) is 31.1 Å². The van der Waals surface area contributed by atoms with E-state index < -0.39 is 6.10 Å². The van der Waals surface area contributed by atoms with E-state index in [1.54, 1.807) is 0 Å². The van der Waals surface area contributed by atoms with Crippen molar-refractivity contribution >= 4 is 17.9 Å². The van der Waals surface area contributed by atoms with Gasteiger partial charge >= 0.3 is 17.9 Å². The first-order chi connectivity index (χ1) is 37.0. The van der Waals surface area contributed by atoms with Crippen molar-refractivity contribution in [2.75, 3.05) is 13.2 Å². The van der Waals surface area contributed by atoms with Crippen LogP contribution < -0.4 is 0 Å². The molecular formula is C69H112O6. The Labute approximate surface area is 462 Å². The van der Waals surface area contributed by atoms with Gasteiger partial charge in [-0.15, -0.1) is 0 Å². The maximum absolute atomic E-state index is 12.9. The summed E-state index contributed by atoms with van der Waals surface area (Å²) >= 11 is 0. The molecule has 0 aliphatic heterocycles. The van der Waals surface area contributed by atoms with Gasteiger partial charge in [-0.2, -0.15) is 0 Å². The van der Waals surface area contributed by atoms with Crippen LogP contribution in [0.15, 0.2) is 134 Å². The van der Waals surface area contributed by atoms with E-state index in [0.717, 1.165) is 141 Å². The fourth-order valence-corrected chi connectivity index (χ4v) is 8.01. The summed E-state index contributed by atoms with van der Waals surface area (Å²) in [5.74, 6) is -0.974. The molecule has 0 amide bonds. The summed E-state index contributed by atoms with van der Waals surface area (Å²) in [6, 6.07) is 0. The van der Waals surface area contributed by atoms with E-state index in [9.17, 15) is 14.4 Å². The van der Waals surface area contributed by atoms with Crippen molar-refractivity contribution in [2.45, 2.75) is 271 Å². The van der Waals surface area contributed by atoms with Gasteiger partial charge in [-0.3, -0.25) is 14.4 Å². The first kappa shape index (κ1) is 70.5. The fourth-order valence-electron chi connectivity index (χ4n) is 8.01. The molecule has 0 aliphatic carbocycles. The number of allylic oxidation sites excluding steroid dienone is 22. The molecule has 75 heavy (non-hydrogen) atoms. The van der Waals surface area contributed by atoms with Crippen molar-refractivity contribution in [3.8, 4) is 0 Å².